The van der Waals surface area contributed by atoms with Gasteiger partial charge in [-0.3, -0.25) is 0 Å². The Hall–Kier alpha value is -1.14. The third-order valence-electron chi connectivity index (χ3n) is 2.35. The van der Waals surface area contributed by atoms with Gasteiger partial charge in [0.25, 0.3) is 0 Å². The lowest BCUT2D eigenvalue weighted by Crippen LogP contribution is -1.81. The van der Waals surface area contributed by atoms with E-state index >= 15 is 0 Å². The minimum Gasteiger partial charge on any atom is -0.192 e. The lowest BCUT2D eigenvalue weighted by atomic mass is 10.2. The highest BCUT2D eigenvalue weighted by molar-refractivity contribution is 7.99. The van der Waals surface area contributed by atoms with E-state index in [4.69, 9.17) is 28.5 Å². The van der Waals surface area contributed by atoms with Gasteiger partial charge in [-0.15, -0.1) is 0 Å². The van der Waals surface area contributed by atoms with Gasteiger partial charge in [-0.05, 0) is 48.9 Å². The van der Waals surface area contributed by atoms with Gasteiger partial charge in [0.15, 0.2) is 0 Å². The Labute approximate surface area is 120 Å². The molecule has 2 aromatic rings. The molecule has 0 N–H and O–H groups in total. The number of hydrogen-bond acceptors (Lipinski definition) is 2. The van der Waals surface area contributed by atoms with Gasteiger partial charge in [-0.1, -0.05) is 35.0 Å². The van der Waals surface area contributed by atoms with Crippen molar-refractivity contribution in [2.24, 2.45) is 0 Å². The van der Waals surface area contributed by atoms with Crippen LogP contribution in [-0.2, 0) is 0 Å². The SMILES string of the molecule is Cc1cc(Cl)c(Sc2ccc(C#N)cc2)c(Cl)c1. The van der Waals surface area contributed by atoms with E-state index < -0.39 is 0 Å². The zero-order valence-electron chi connectivity index (χ0n) is 9.58. The highest BCUT2D eigenvalue weighted by atomic mass is 35.5. The summed E-state index contributed by atoms with van der Waals surface area (Å²) in [5, 5.41) is 10.0. The molecule has 18 heavy (non-hydrogen) atoms. The standard InChI is InChI=1S/C14H9Cl2NS/c1-9-6-12(15)14(13(16)7-9)18-11-4-2-10(8-17)3-5-11/h2-7H,1H3. The lowest BCUT2D eigenvalue weighted by Gasteiger charge is -2.08. The molecule has 0 amide bonds. The molecule has 0 fully saturated rings. The van der Waals surface area contributed by atoms with E-state index in [9.17, 15) is 0 Å². The number of rotatable bonds is 2. The van der Waals surface area contributed by atoms with Gasteiger partial charge in [0.1, 0.15) is 0 Å². The van der Waals surface area contributed by atoms with Gasteiger partial charge < -0.3 is 0 Å². The largest absolute Gasteiger partial charge is 0.192 e. The Morgan fingerprint density at radius 1 is 1.06 bits per heavy atom. The maximum absolute atomic E-state index is 8.74. The van der Waals surface area contributed by atoms with Crippen LogP contribution in [0, 0.1) is 18.3 Å². The minimum absolute atomic E-state index is 0.639. The molecule has 0 bridgehead atoms. The van der Waals surface area contributed by atoms with E-state index in [1.807, 2.05) is 31.2 Å². The van der Waals surface area contributed by atoms with Crippen molar-refractivity contribution in [3.63, 3.8) is 0 Å². The van der Waals surface area contributed by atoms with E-state index in [1.165, 1.54) is 11.8 Å². The molecule has 2 rings (SSSR count). The number of hydrogen-bond donors (Lipinski definition) is 0. The normalized spacial score (nSPS) is 10.1. The molecule has 0 unspecified atom stereocenters. The Balaban J connectivity index is 2.31. The summed E-state index contributed by atoms with van der Waals surface area (Å²) in [4.78, 5) is 1.84. The van der Waals surface area contributed by atoms with Gasteiger partial charge in [0.05, 0.1) is 21.7 Å². The molecule has 0 heterocycles. The molecule has 2 aromatic carbocycles. The van der Waals surface area contributed by atoms with Crippen LogP contribution in [0.25, 0.3) is 0 Å². The molecule has 4 heteroatoms. The van der Waals surface area contributed by atoms with Crippen LogP contribution in [0.3, 0.4) is 0 Å². The molecule has 0 saturated heterocycles. The van der Waals surface area contributed by atoms with Crippen molar-refractivity contribution in [1.82, 2.24) is 0 Å². The summed E-state index contributed by atoms with van der Waals surface area (Å²) in [6.07, 6.45) is 0. The van der Waals surface area contributed by atoms with E-state index in [0.717, 1.165) is 15.4 Å². The highest BCUT2D eigenvalue weighted by Gasteiger charge is 2.08. The third kappa shape index (κ3) is 3.00. The molecular weight excluding hydrogens is 285 g/mol. The second-order valence-corrected chi connectivity index (χ2v) is 5.69. The van der Waals surface area contributed by atoms with Crippen molar-refractivity contribution >= 4 is 35.0 Å². The van der Waals surface area contributed by atoms with Gasteiger partial charge >= 0.3 is 0 Å². The van der Waals surface area contributed by atoms with Gasteiger partial charge in [-0.2, -0.15) is 5.26 Å². The molecule has 90 valence electrons. The maximum atomic E-state index is 8.74. The smallest absolute Gasteiger partial charge is 0.0991 e. The van der Waals surface area contributed by atoms with Gasteiger partial charge in [-0.25, -0.2) is 0 Å². The van der Waals surface area contributed by atoms with E-state index in [2.05, 4.69) is 6.07 Å². The maximum Gasteiger partial charge on any atom is 0.0991 e. The molecule has 0 radical (unpaired) electrons. The van der Waals surface area contributed by atoms with Crippen LogP contribution in [0.1, 0.15) is 11.1 Å². The molecule has 0 saturated carbocycles. The first-order valence-corrected chi connectivity index (χ1v) is 6.81. The number of nitriles is 1. The Morgan fingerprint density at radius 3 is 2.11 bits per heavy atom. The molecule has 0 aliphatic rings. The highest BCUT2D eigenvalue weighted by Crippen LogP contribution is 2.39. The van der Waals surface area contributed by atoms with Crippen LogP contribution >= 0.6 is 35.0 Å². The molecule has 0 aliphatic heterocycles. The van der Waals surface area contributed by atoms with Gasteiger partial charge in [0, 0.05) is 9.79 Å². The number of halogens is 2. The van der Waals surface area contributed by atoms with Crippen LogP contribution in [0.5, 0.6) is 0 Å². The number of aryl methyl sites for hydroxylation is 1. The van der Waals surface area contributed by atoms with Crippen molar-refractivity contribution in [3.05, 3.63) is 57.6 Å². The summed E-state index contributed by atoms with van der Waals surface area (Å²) in [5.74, 6) is 0. The average molecular weight is 294 g/mol. The molecule has 0 aliphatic carbocycles. The first-order valence-electron chi connectivity index (χ1n) is 5.24. The Kier molecular flexibility index (Phi) is 4.19. The zero-order chi connectivity index (χ0) is 13.1. The van der Waals surface area contributed by atoms with Crippen molar-refractivity contribution in [2.75, 3.05) is 0 Å². The lowest BCUT2D eigenvalue weighted by molar-refractivity contribution is 1.35. The van der Waals surface area contributed by atoms with Crippen LogP contribution in [0.2, 0.25) is 10.0 Å². The van der Waals surface area contributed by atoms with Crippen LogP contribution in [0.15, 0.2) is 46.2 Å². The fourth-order valence-electron chi connectivity index (χ4n) is 1.50. The van der Waals surface area contributed by atoms with Gasteiger partial charge in [0.2, 0.25) is 0 Å². The summed E-state index contributed by atoms with van der Waals surface area (Å²) in [7, 11) is 0. The molecule has 0 atom stereocenters. The monoisotopic (exact) mass is 293 g/mol. The molecule has 1 nitrogen and oxygen atoms in total. The zero-order valence-corrected chi connectivity index (χ0v) is 11.9. The summed E-state index contributed by atoms with van der Waals surface area (Å²) in [6.45, 7) is 1.95. The summed E-state index contributed by atoms with van der Waals surface area (Å²) < 4.78 is 0. The van der Waals surface area contributed by atoms with Crippen molar-refractivity contribution in [3.8, 4) is 6.07 Å². The fourth-order valence-corrected chi connectivity index (χ4v) is 3.15. The summed E-state index contributed by atoms with van der Waals surface area (Å²) in [5.41, 5.74) is 1.68. The Morgan fingerprint density at radius 2 is 1.61 bits per heavy atom. The molecular formula is C14H9Cl2NS. The Bertz CT molecular complexity index is 592. The van der Waals surface area contributed by atoms with E-state index in [0.29, 0.717) is 15.6 Å². The fraction of sp³-hybridized carbons (Fsp3) is 0.0714. The number of nitrogens with zero attached hydrogens (tertiary/aromatic N) is 1. The minimum atomic E-state index is 0.639. The predicted molar refractivity (Wildman–Crippen MR) is 76.5 cm³/mol. The second-order valence-electron chi connectivity index (χ2n) is 3.80. The van der Waals surface area contributed by atoms with E-state index in [1.54, 1.807) is 12.1 Å². The van der Waals surface area contributed by atoms with E-state index in [-0.39, 0.29) is 0 Å². The van der Waals surface area contributed by atoms with Crippen molar-refractivity contribution < 1.29 is 0 Å². The van der Waals surface area contributed by atoms with Crippen molar-refractivity contribution in [2.45, 2.75) is 16.7 Å². The quantitative estimate of drug-likeness (QED) is 0.748. The second kappa shape index (κ2) is 5.67. The van der Waals surface area contributed by atoms with Crippen LogP contribution in [0.4, 0.5) is 0 Å². The summed E-state index contributed by atoms with van der Waals surface area (Å²) in [6, 6.07) is 13.2. The molecule has 0 spiro atoms. The first kappa shape index (κ1) is 13.3. The summed E-state index contributed by atoms with van der Waals surface area (Å²) >= 11 is 13.9. The predicted octanol–water partition coefficient (Wildman–Crippen LogP) is 5.32. The molecule has 0 aromatic heterocycles. The topological polar surface area (TPSA) is 23.8 Å². The van der Waals surface area contributed by atoms with Crippen molar-refractivity contribution in [1.29, 1.82) is 5.26 Å². The van der Waals surface area contributed by atoms with Crippen LogP contribution < -0.4 is 0 Å². The number of benzene rings is 2. The average Bonchev–Trinajstić information content (AvgIpc) is 2.34. The third-order valence-corrected chi connectivity index (χ3v) is 4.32. The van der Waals surface area contributed by atoms with Crippen LogP contribution in [-0.4, -0.2) is 0 Å². The first-order chi connectivity index (χ1) is 8.60.